The van der Waals surface area contributed by atoms with E-state index in [2.05, 4.69) is 60.9 Å². The molecule has 0 saturated carbocycles. The zero-order valence-electron chi connectivity index (χ0n) is 22.2. The largest absolute Gasteiger partial charge is 0.506 e. The fourth-order valence-corrected chi connectivity index (χ4v) is 4.70. The number of aromatic hydroxyl groups is 1. The number of anilines is 1. The maximum Gasteiger partial charge on any atom is 0.138 e. The maximum atomic E-state index is 10.2. The molecule has 6 heteroatoms. The van der Waals surface area contributed by atoms with Gasteiger partial charge in [-0.15, -0.1) is 0 Å². The first-order valence-electron chi connectivity index (χ1n) is 13.3. The summed E-state index contributed by atoms with van der Waals surface area (Å²) < 4.78 is 17.6. The second-order valence-corrected chi connectivity index (χ2v) is 9.97. The van der Waals surface area contributed by atoms with E-state index in [1.54, 1.807) is 13.2 Å². The van der Waals surface area contributed by atoms with Gasteiger partial charge in [-0.1, -0.05) is 44.2 Å². The van der Waals surface area contributed by atoms with Crippen molar-refractivity contribution in [2.75, 3.05) is 38.7 Å². The molecule has 0 bridgehead atoms. The van der Waals surface area contributed by atoms with Crippen molar-refractivity contribution < 1.29 is 19.3 Å². The van der Waals surface area contributed by atoms with Crippen LogP contribution in [-0.4, -0.2) is 44.6 Å². The third kappa shape index (κ3) is 7.71. The number of nitrogens with one attached hydrogen (secondary N) is 2. The molecule has 198 valence electrons. The van der Waals surface area contributed by atoms with Crippen LogP contribution in [0.15, 0.2) is 66.7 Å². The summed E-state index contributed by atoms with van der Waals surface area (Å²) in [5.41, 5.74) is 4.29. The fraction of sp³-hybridized carbons (Fsp3) is 0.419. The summed E-state index contributed by atoms with van der Waals surface area (Å²) in [6.45, 7) is 8.07. The second-order valence-electron chi connectivity index (χ2n) is 9.97. The number of ether oxygens (including phenoxy) is 3. The third-order valence-corrected chi connectivity index (χ3v) is 6.86. The predicted molar refractivity (Wildman–Crippen MR) is 149 cm³/mol. The number of hydrogen-bond acceptors (Lipinski definition) is 6. The van der Waals surface area contributed by atoms with Gasteiger partial charge in [0.25, 0.3) is 0 Å². The molecule has 0 radical (unpaired) electrons. The highest BCUT2D eigenvalue weighted by Crippen LogP contribution is 2.32. The van der Waals surface area contributed by atoms with E-state index in [9.17, 15) is 5.11 Å². The van der Waals surface area contributed by atoms with E-state index in [4.69, 9.17) is 14.2 Å². The van der Waals surface area contributed by atoms with Gasteiger partial charge in [0.05, 0.1) is 18.4 Å². The number of phenolic OH excluding ortho intramolecular Hbond substituents is 1. The molecule has 0 spiro atoms. The molecular formula is C31H40N2O4. The molecule has 0 aliphatic carbocycles. The summed E-state index contributed by atoms with van der Waals surface area (Å²) in [4.78, 5) is 0. The van der Waals surface area contributed by atoms with Gasteiger partial charge in [-0.05, 0) is 78.4 Å². The van der Waals surface area contributed by atoms with E-state index in [1.165, 1.54) is 11.1 Å². The first kappa shape index (κ1) is 27.0. The summed E-state index contributed by atoms with van der Waals surface area (Å²) in [6.07, 6.45) is 1.96. The SMILES string of the molecule is COCCCNc1cc(CO[C@H]2CNCC[C@@H]2c2ccc(Oc3cccc(C(C)C)c3)cc2)ccc1O. The molecule has 0 aromatic heterocycles. The molecule has 3 aromatic rings. The van der Waals surface area contributed by atoms with Crippen LogP contribution in [0.25, 0.3) is 0 Å². The molecule has 0 amide bonds. The van der Waals surface area contributed by atoms with E-state index < -0.39 is 0 Å². The average Bonchev–Trinajstić information content (AvgIpc) is 2.92. The molecule has 6 nitrogen and oxygen atoms in total. The van der Waals surface area contributed by atoms with E-state index in [1.807, 2.05) is 24.3 Å². The van der Waals surface area contributed by atoms with Crippen LogP contribution in [0.5, 0.6) is 17.2 Å². The Morgan fingerprint density at radius 1 is 1.03 bits per heavy atom. The standard InChI is InChI=1S/C31H40N2O4/c1-22(2)25-6-4-7-27(19-25)37-26-11-9-24(10-12-26)28-14-16-32-20-31(28)36-21-23-8-13-30(34)29(18-23)33-15-5-17-35-3/h4,6-13,18-19,22,28,31-34H,5,14-17,20-21H2,1-3H3/t28-,31+/m1/s1. The molecule has 3 N–H and O–H groups in total. The van der Waals surface area contributed by atoms with Crippen LogP contribution < -0.4 is 15.4 Å². The quantitative estimate of drug-likeness (QED) is 0.195. The lowest BCUT2D eigenvalue weighted by Crippen LogP contribution is -2.40. The number of rotatable bonds is 12. The summed E-state index contributed by atoms with van der Waals surface area (Å²) in [7, 11) is 1.69. The minimum absolute atomic E-state index is 0.0650. The minimum Gasteiger partial charge on any atom is -0.506 e. The van der Waals surface area contributed by atoms with Crippen LogP contribution in [0.4, 0.5) is 5.69 Å². The normalized spacial score (nSPS) is 17.6. The summed E-state index contributed by atoms with van der Waals surface area (Å²) >= 11 is 0. The zero-order valence-corrected chi connectivity index (χ0v) is 22.2. The topological polar surface area (TPSA) is 72.0 Å². The number of hydrogen-bond donors (Lipinski definition) is 3. The highest BCUT2D eigenvalue weighted by Gasteiger charge is 2.27. The lowest BCUT2D eigenvalue weighted by Gasteiger charge is -2.32. The smallest absolute Gasteiger partial charge is 0.138 e. The summed E-state index contributed by atoms with van der Waals surface area (Å²) in [5.74, 6) is 2.72. The van der Waals surface area contributed by atoms with Crippen LogP contribution in [-0.2, 0) is 16.1 Å². The summed E-state index contributed by atoms with van der Waals surface area (Å²) in [6, 6.07) is 22.3. The molecular weight excluding hydrogens is 464 g/mol. The average molecular weight is 505 g/mol. The number of phenols is 1. The number of methoxy groups -OCH3 is 1. The van der Waals surface area contributed by atoms with Gasteiger partial charge in [0, 0.05) is 32.7 Å². The van der Waals surface area contributed by atoms with Gasteiger partial charge in [-0.25, -0.2) is 0 Å². The van der Waals surface area contributed by atoms with Crippen molar-refractivity contribution in [3.63, 3.8) is 0 Å². The zero-order chi connectivity index (χ0) is 26.0. The molecule has 1 aliphatic heterocycles. The van der Waals surface area contributed by atoms with E-state index >= 15 is 0 Å². The summed E-state index contributed by atoms with van der Waals surface area (Å²) in [5, 5.41) is 17.0. The van der Waals surface area contributed by atoms with Crippen molar-refractivity contribution in [2.24, 2.45) is 0 Å². The lowest BCUT2D eigenvalue weighted by atomic mass is 9.87. The Kier molecular flexibility index (Phi) is 9.83. The van der Waals surface area contributed by atoms with Crippen LogP contribution in [0.2, 0.25) is 0 Å². The van der Waals surface area contributed by atoms with E-state index in [0.29, 0.717) is 25.0 Å². The van der Waals surface area contributed by atoms with Crippen molar-refractivity contribution in [2.45, 2.75) is 51.2 Å². The maximum absolute atomic E-state index is 10.2. The molecule has 4 rings (SSSR count). The van der Waals surface area contributed by atoms with Crippen molar-refractivity contribution in [1.82, 2.24) is 5.32 Å². The molecule has 1 aliphatic rings. The predicted octanol–water partition coefficient (Wildman–Crippen LogP) is 6.42. The molecule has 1 saturated heterocycles. The van der Waals surface area contributed by atoms with Crippen LogP contribution in [0, 0.1) is 0 Å². The highest BCUT2D eigenvalue weighted by atomic mass is 16.5. The van der Waals surface area contributed by atoms with Gasteiger partial charge in [-0.3, -0.25) is 0 Å². The Bertz CT molecular complexity index is 1120. The lowest BCUT2D eigenvalue weighted by molar-refractivity contribution is 0.0106. The van der Waals surface area contributed by atoms with Crippen LogP contribution in [0.1, 0.15) is 55.2 Å². The first-order chi connectivity index (χ1) is 18.0. The first-order valence-corrected chi connectivity index (χ1v) is 13.3. The molecule has 37 heavy (non-hydrogen) atoms. The van der Waals surface area contributed by atoms with Crippen molar-refractivity contribution in [3.8, 4) is 17.2 Å². The van der Waals surface area contributed by atoms with Gasteiger partial charge in [-0.2, -0.15) is 0 Å². The Morgan fingerprint density at radius 3 is 2.65 bits per heavy atom. The van der Waals surface area contributed by atoms with Crippen molar-refractivity contribution >= 4 is 5.69 Å². The van der Waals surface area contributed by atoms with Crippen molar-refractivity contribution in [3.05, 3.63) is 83.4 Å². The fourth-order valence-electron chi connectivity index (χ4n) is 4.70. The minimum atomic E-state index is 0.0650. The molecule has 1 fully saturated rings. The van der Waals surface area contributed by atoms with Crippen molar-refractivity contribution in [1.29, 1.82) is 0 Å². The van der Waals surface area contributed by atoms with Crippen LogP contribution in [0.3, 0.4) is 0 Å². The molecule has 3 aromatic carbocycles. The third-order valence-electron chi connectivity index (χ3n) is 6.86. The van der Waals surface area contributed by atoms with E-state index in [-0.39, 0.29) is 11.9 Å². The Hall–Kier alpha value is -3.06. The van der Waals surface area contributed by atoms with Gasteiger partial charge in [0.2, 0.25) is 0 Å². The number of benzene rings is 3. The number of piperidine rings is 1. The van der Waals surface area contributed by atoms with Gasteiger partial charge in [0.1, 0.15) is 17.2 Å². The Morgan fingerprint density at radius 2 is 1.86 bits per heavy atom. The Balaban J connectivity index is 1.37. The van der Waals surface area contributed by atoms with Gasteiger partial charge >= 0.3 is 0 Å². The van der Waals surface area contributed by atoms with Crippen LogP contribution >= 0.6 is 0 Å². The molecule has 0 unspecified atom stereocenters. The van der Waals surface area contributed by atoms with Gasteiger partial charge < -0.3 is 30.0 Å². The Labute approximate surface area is 221 Å². The molecule has 2 atom stereocenters. The highest BCUT2D eigenvalue weighted by molar-refractivity contribution is 5.57. The molecule has 1 heterocycles. The monoisotopic (exact) mass is 504 g/mol. The van der Waals surface area contributed by atoms with Gasteiger partial charge in [0.15, 0.2) is 0 Å². The second kappa shape index (κ2) is 13.5. The van der Waals surface area contributed by atoms with E-state index in [0.717, 1.165) is 55.2 Å².